The van der Waals surface area contributed by atoms with Crippen molar-refractivity contribution in [3.8, 4) is 0 Å². The Kier molecular flexibility index (Phi) is 1.89. The van der Waals surface area contributed by atoms with Crippen LogP contribution in [0.25, 0.3) is 0 Å². The third-order valence-corrected chi connectivity index (χ3v) is 1.20. The Balaban J connectivity index is 2.62. The minimum Gasteiger partial charge on any atom is -0.330 e. The summed E-state index contributed by atoms with van der Waals surface area (Å²) in [6, 6.07) is 0. The maximum absolute atomic E-state index is 10.7. The van der Waals surface area contributed by atoms with Gasteiger partial charge in [0.2, 0.25) is 0 Å². The van der Waals surface area contributed by atoms with Gasteiger partial charge in [0.05, 0.1) is 6.92 Å². The molecule has 5 nitrogen and oxygen atoms in total. The number of imide groups is 1. The van der Waals surface area contributed by atoms with Gasteiger partial charge in [0, 0.05) is 12.8 Å². The summed E-state index contributed by atoms with van der Waals surface area (Å²) in [7, 11) is 0. The molecule has 5 heteroatoms. The van der Waals surface area contributed by atoms with Crippen molar-refractivity contribution < 1.29 is 19.2 Å². The average molecular weight is 156 g/mol. The molecule has 0 unspecified atom stereocenters. The van der Waals surface area contributed by atoms with Crippen LogP contribution < -0.4 is 0 Å². The molecule has 1 fully saturated rings. The number of hydrogen-bond acceptors (Lipinski definition) is 4. The average Bonchev–Trinajstić information content (AvgIpc) is 2.18. The summed E-state index contributed by atoms with van der Waals surface area (Å²) in [5, 5.41) is 0.454. The zero-order chi connectivity index (χ0) is 8.43. The molecule has 0 spiro atoms. The quantitative estimate of drug-likeness (QED) is 0.477. The third kappa shape index (κ3) is 1.54. The van der Waals surface area contributed by atoms with Crippen LogP contribution in [-0.4, -0.2) is 22.8 Å². The van der Waals surface area contributed by atoms with Crippen LogP contribution in [0.3, 0.4) is 0 Å². The van der Waals surface area contributed by atoms with Gasteiger partial charge in [-0.2, -0.15) is 0 Å². The van der Waals surface area contributed by atoms with E-state index >= 15 is 0 Å². The summed E-state index contributed by atoms with van der Waals surface area (Å²) in [6.45, 7) is 2.86. The summed E-state index contributed by atoms with van der Waals surface area (Å²) in [4.78, 5) is 35.9. The van der Waals surface area contributed by atoms with Crippen molar-refractivity contribution in [2.24, 2.45) is 0 Å². The summed E-state index contributed by atoms with van der Waals surface area (Å²) in [5.74, 6) is -1.90. The van der Waals surface area contributed by atoms with Crippen molar-refractivity contribution in [3.05, 3.63) is 6.92 Å². The maximum Gasteiger partial charge on any atom is 0.333 e. The normalized spacial score (nSPS) is 17.4. The highest BCUT2D eigenvalue weighted by Crippen LogP contribution is 2.11. The molecule has 1 aliphatic heterocycles. The Labute approximate surface area is 62.9 Å². The molecule has 0 saturated carbocycles. The highest BCUT2D eigenvalue weighted by atomic mass is 16.7. The Morgan fingerprint density at radius 3 is 2.18 bits per heavy atom. The number of carbonyl (C=O) groups is 3. The topological polar surface area (TPSA) is 63.7 Å². The molecule has 1 saturated heterocycles. The second-order valence-corrected chi connectivity index (χ2v) is 2.05. The summed E-state index contributed by atoms with van der Waals surface area (Å²) >= 11 is 0. The Hall–Kier alpha value is -1.39. The molecule has 0 atom stereocenters. The predicted molar refractivity (Wildman–Crippen MR) is 32.5 cm³/mol. The third-order valence-electron chi connectivity index (χ3n) is 1.20. The lowest BCUT2D eigenvalue weighted by Crippen LogP contribution is -2.31. The minimum absolute atomic E-state index is 0.103. The highest BCUT2D eigenvalue weighted by molar-refractivity contribution is 6.01. The smallest absolute Gasteiger partial charge is 0.330 e. The predicted octanol–water partition coefficient (Wildman–Crippen LogP) is -0.572. The number of hydrogen-bond donors (Lipinski definition) is 0. The van der Waals surface area contributed by atoms with E-state index in [-0.39, 0.29) is 12.8 Å². The molecule has 1 aliphatic rings. The van der Waals surface area contributed by atoms with Gasteiger partial charge in [0.1, 0.15) is 0 Å². The van der Waals surface area contributed by atoms with Gasteiger partial charge in [-0.05, 0) is 0 Å². The summed E-state index contributed by atoms with van der Waals surface area (Å²) in [5.41, 5.74) is 0. The molecule has 2 amide bonds. The molecule has 0 aromatic carbocycles. The van der Waals surface area contributed by atoms with Crippen LogP contribution >= 0.6 is 0 Å². The van der Waals surface area contributed by atoms with Gasteiger partial charge < -0.3 is 4.84 Å². The van der Waals surface area contributed by atoms with Gasteiger partial charge in [0.15, 0.2) is 0 Å². The molecule has 1 heterocycles. The van der Waals surface area contributed by atoms with Gasteiger partial charge in [-0.1, -0.05) is 0 Å². The minimum atomic E-state index is -0.909. The van der Waals surface area contributed by atoms with E-state index in [0.29, 0.717) is 5.06 Å². The first-order valence-electron chi connectivity index (χ1n) is 3.01. The van der Waals surface area contributed by atoms with Gasteiger partial charge in [0.25, 0.3) is 11.8 Å². The van der Waals surface area contributed by atoms with Crippen LogP contribution in [-0.2, 0) is 19.2 Å². The fourth-order valence-electron chi connectivity index (χ4n) is 0.760. The molecule has 1 radical (unpaired) electrons. The first-order chi connectivity index (χ1) is 5.11. The fourth-order valence-corrected chi connectivity index (χ4v) is 0.760. The van der Waals surface area contributed by atoms with Gasteiger partial charge >= 0.3 is 5.97 Å². The first-order valence-corrected chi connectivity index (χ1v) is 3.01. The maximum atomic E-state index is 10.7. The van der Waals surface area contributed by atoms with Crippen molar-refractivity contribution in [2.45, 2.75) is 12.8 Å². The van der Waals surface area contributed by atoms with Crippen molar-refractivity contribution >= 4 is 17.8 Å². The van der Waals surface area contributed by atoms with Crippen LogP contribution in [0.15, 0.2) is 0 Å². The van der Waals surface area contributed by atoms with Crippen LogP contribution in [0.5, 0.6) is 0 Å². The standard InChI is InChI=1S/C6H6NO4/c1-4(8)11-7-5(9)2-3-6(7)10/h1-3H2. The van der Waals surface area contributed by atoms with Gasteiger partial charge in [-0.25, -0.2) is 4.79 Å². The number of rotatable bonds is 1. The molecule has 0 aromatic heterocycles. The van der Waals surface area contributed by atoms with Crippen molar-refractivity contribution in [3.63, 3.8) is 0 Å². The lowest BCUT2D eigenvalue weighted by atomic mass is 10.4. The Morgan fingerprint density at radius 1 is 1.36 bits per heavy atom. The number of nitrogens with zero attached hydrogens (tertiary/aromatic N) is 1. The highest BCUT2D eigenvalue weighted by Gasteiger charge is 2.31. The van der Waals surface area contributed by atoms with E-state index < -0.39 is 17.8 Å². The second-order valence-electron chi connectivity index (χ2n) is 2.05. The summed E-state index contributed by atoms with van der Waals surface area (Å²) in [6.07, 6.45) is 0.207. The van der Waals surface area contributed by atoms with E-state index in [0.717, 1.165) is 0 Å². The lowest BCUT2D eigenvalue weighted by Gasteiger charge is -2.09. The molecular formula is C6H6NO4. The zero-order valence-electron chi connectivity index (χ0n) is 5.70. The van der Waals surface area contributed by atoms with E-state index in [4.69, 9.17) is 0 Å². The summed E-state index contributed by atoms with van der Waals surface area (Å²) < 4.78 is 0. The van der Waals surface area contributed by atoms with Crippen LogP contribution in [0, 0.1) is 6.92 Å². The van der Waals surface area contributed by atoms with Crippen molar-refractivity contribution in [2.75, 3.05) is 0 Å². The molecule has 0 bridgehead atoms. The van der Waals surface area contributed by atoms with Crippen molar-refractivity contribution in [1.29, 1.82) is 0 Å². The van der Waals surface area contributed by atoms with Crippen LogP contribution in [0.2, 0.25) is 0 Å². The molecule has 59 valence electrons. The monoisotopic (exact) mass is 156 g/mol. The zero-order valence-corrected chi connectivity index (χ0v) is 5.70. The van der Waals surface area contributed by atoms with Gasteiger partial charge in [-0.15, -0.1) is 5.06 Å². The second kappa shape index (κ2) is 2.69. The van der Waals surface area contributed by atoms with E-state index in [1.54, 1.807) is 0 Å². The Morgan fingerprint density at radius 2 is 1.82 bits per heavy atom. The lowest BCUT2D eigenvalue weighted by molar-refractivity contribution is -0.193. The largest absolute Gasteiger partial charge is 0.333 e. The van der Waals surface area contributed by atoms with Crippen LogP contribution in [0.1, 0.15) is 12.8 Å². The molecule has 1 rings (SSSR count). The van der Waals surface area contributed by atoms with E-state index in [1.165, 1.54) is 0 Å². The van der Waals surface area contributed by atoms with Gasteiger partial charge in [-0.3, -0.25) is 9.59 Å². The van der Waals surface area contributed by atoms with E-state index in [9.17, 15) is 14.4 Å². The van der Waals surface area contributed by atoms with E-state index in [1.807, 2.05) is 0 Å². The number of amides is 2. The van der Waals surface area contributed by atoms with Crippen LogP contribution in [0.4, 0.5) is 0 Å². The molecule has 0 aliphatic carbocycles. The fraction of sp³-hybridized carbons (Fsp3) is 0.333. The molecule has 11 heavy (non-hydrogen) atoms. The SMILES string of the molecule is [CH2]C(=O)ON1C(=O)CCC1=O. The van der Waals surface area contributed by atoms with Crippen molar-refractivity contribution in [1.82, 2.24) is 5.06 Å². The first kappa shape index (κ1) is 7.71. The molecular weight excluding hydrogens is 150 g/mol. The molecule has 0 aromatic rings. The number of carbonyl (C=O) groups excluding carboxylic acids is 3. The Bertz CT molecular complexity index is 207. The number of hydroxylamine groups is 2. The van der Waals surface area contributed by atoms with E-state index in [2.05, 4.69) is 11.8 Å². The molecule has 0 N–H and O–H groups in total.